The Kier molecular flexibility index (Phi) is 15.5. The largest absolute Gasteiger partial charge is 0.480 e. The van der Waals surface area contributed by atoms with Gasteiger partial charge in [0.25, 0.3) is 0 Å². The second-order valence-corrected chi connectivity index (χ2v) is 9.04. The molecule has 0 radical (unpaired) electrons. The van der Waals surface area contributed by atoms with E-state index in [1.54, 1.807) is 13.8 Å². The summed E-state index contributed by atoms with van der Waals surface area (Å²) < 4.78 is 0. The number of primary amides is 1. The zero-order valence-electron chi connectivity index (χ0n) is 21.3. The standard InChI is InChI=1S/C23H44N6O6/c1-5-13(3)18(21(32)27-16(23(34)35)10-11-17(26)30)29-22(33)19(14(4)6-2)28-20(31)15(25)9-7-8-12-24/h13-16,18-19H,5-12,24-25H2,1-4H3,(H2,26,30)(H,27,32)(H,28,31)(H,29,33)(H,34,35). The Bertz CT molecular complexity index is 719. The van der Waals surface area contributed by atoms with Crippen molar-refractivity contribution in [3.05, 3.63) is 0 Å². The summed E-state index contributed by atoms with van der Waals surface area (Å²) in [4.78, 5) is 61.3. The Hall–Kier alpha value is -2.73. The Morgan fingerprint density at radius 1 is 0.800 bits per heavy atom. The lowest BCUT2D eigenvalue weighted by Crippen LogP contribution is -2.60. The van der Waals surface area contributed by atoms with Crippen LogP contribution in [0.25, 0.3) is 0 Å². The van der Waals surface area contributed by atoms with Gasteiger partial charge in [-0.2, -0.15) is 0 Å². The molecule has 10 N–H and O–H groups in total. The average Bonchev–Trinajstić information content (AvgIpc) is 2.81. The van der Waals surface area contributed by atoms with Crippen molar-refractivity contribution in [2.24, 2.45) is 29.0 Å². The molecule has 0 aromatic heterocycles. The maximum atomic E-state index is 13.2. The molecule has 0 aliphatic heterocycles. The molecule has 0 aliphatic carbocycles. The topological polar surface area (TPSA) is 220 Å². The highest BCUT2D eigenvalue weighted by molar-refractivity contribution is 5.94. The number of hydrogen-bond donors (Lipinski definition) is 7. The van der Waals surface area contributed by atoms with Gasteiger partial charge in [0.15, 0.2) is 0 Å². The summed E-state index contributed by atoms with van der Waals surface area (Å²) in [6.45, 7) is 7.73. The summed E-state index contributed by atoms with van der Waals surface area (Å²) in [6, 6.07) is -4.12. The number of nitrogens with two attached hydrogens (primary N) is 3. The summed E-state index contributed by atoms with van der Waals surface area (Å²) in [5.74, 6) is -4.32. The maximum absolute atomic E-state index is 13.2. The molecule has 0 saturated carbocycles. The van der Waals surface area contributed by atoms with Gasteiger partial charge in [-0.3, -0.25) is 19.2 Å². The number of carboxylic acids is 1. The highest BCUT2D eigenvalue weighted by Gasteiger charge is 2.34. The number of nitrogens with one attached hydrogen (secondary N) is 3. The van der Waals surface area contributed by atoms with Gasteiger partial charge in [-0.05, 0) is 37.6 Å². The Morgan fingerprint density at radius 2 is 1.29 bits per heavy atom. The minimum atomic E-state index is -1.34. The molecular formula is C23H44N6O6. The molecule has 4 amide bonds. The van der Waals surface area contributed by atoms with Gasteiger partial charge in [0, 0.05) is 6.42 Å². The van der Waals surface area contributed by atoms with Crippen LogP contribution >= 0.6 is 0 Å². The van der Waals surface area contributed by atoms with Crippen molar-refractivity contribution >= 4 is 29.6 Å². The Labute approximate surface area is 207 Å². The molecule has 202 valence electrons. The lowest BCUT2D eigenvalue weighted by Gasteiger charge is -2.30. The molecule has 35 heavy (non-hydrogen) atoms. The smallest absolute Gasteiger partial charge is 0.326 e. The van der Waals surface area contributed by atoms with E-state index in [0.29, 0.717) is 32.2 Å². The highest BCUT2D eigenvalue weighted by atomic mass is 16.4. The second kappa shape index (κ2) is 16.8. The number of aliphatic carboxylic acids is 1. The quantitative estimate of drug-likeness (QED) is 0.119. The first-order valence-corrected chi connectivity index (χ1v) is 12.3. The summed E-state index contributed by atoms with van der Waals surface area (Å²) in [5, 5.41) is 17.2. The predicted molar refractivity (Wildman–Crippen MR) is 132 cm³/mol. The van der Waals surface area contributed by atoms with Crippen molar-refractivity contribution in [2.45, 2.75) is 96.8 Å². The number of hydrogen-bond acceptors (Lipinski definition) is 7. The van der Waals surface area contributed by atoms with Gasteiger partial charge in [0.2, 0.25) is 23.6 Å². The lowest BCUT2D eigenvalue weighted by molar-refractivity contribution is -0.143. The molecule has 0 aliphatic rings. The zero-order chi connectivity index (χ0) is 27.1. The van der Waals surface area contributed by atoms with E-state index in [1.807, 2.05) is 13.8 Å². The van der Waals surface area contributed by atoms with Crippen LogP contribution < -0.4 is 33.2 Å². The zero-order valence-corrected chi connectivity index (χ0v) is 21.3. The van der Waals surface area contributed by atoms with Gasteiger partial charge in [-0.15, -0.1) is 0 Å². The Morgan fingerprint density at radius 3 is 1.71 bits per heavy atom. The van der Waals surface area contributed by atoms with Gasteiger partial charge >= 0.3 is 5.97 Å². The molecule has 0 bridgehead atoms. The molecular weight excluding hydrogens is 456 g/mol. The van der Waals surface area contributed by atoms with E-state index in [1.165, 1.54) is 0 Å². The van der Waals surface area contributed by atoms with E-state index in [2.05, 4.69) is 16.0 Å². The SMILES string of the molecule is CCC(C)C(NC(=O)C(N)CCCCN)C(=O)NC(C(=O)NC(CCC(N)=O)C(=O)O)C(C)CC. The van der Waals surface area contributed by atoms with E-state index >= 15 is 0 Å². The molecule has 0 spiro atoms. The van der Waals surface area contributed by atoms with E-state index < -0.39 is 53.8 Å². The summed E-state index contributed by atoms with van der Waals surface area (Å²) >= 11 is 0. The number of carboxylic acid groups (broad SMARTS) is 1. The first-order chi connectivity index (χ1) is 16.4. The number of rotatable bonds is 18. The number of amides is 4. The van der Waals surface area contributed by atoms with Crippen molar-refractivity contribution in [3.8, 4) is 0 Å². The normalized spacial score (nSPS) is 16.2. The minimum absolute atomic E-state index is 0.175. The monoisotopic (exact) mass is 500 g/mol. The number of carbonyl (C=O) groups excluding carboxylic acids is 4. The van der Waals surface area contributed by atoms with Crippen LogP contribution in [0.1, 0.15) is 72.6 Å². The maximum Gasteiger partial charge on any atom is 0.326 e. The molecule has 6 unspecified atom stereocenters. The molecule has 0 saturated heterocycles. The molecule has 12 heteroatoms. The predicted octanol–water partition coefficient (Wildman–Crippen LogP) is -0.661. The number of carbonyl (C=O) groups is 5. The van der Waals surface area contributed by atoms with Crippen LogP contribution in [-0.2, 0) is 24.0 Å². The van der Waals surface area contributed by atoms with Crippen LogP contribution in [0.2, 0.25) is 0 Å². The van der Waals surface area contributed by atoms with Crippen LogP contribution in [0, 0.1) is 11.8 Å². The second-order valence-electron chi connectivity index (χ2n) is 9.04. The molecule has 0 rings (SSSR count). The van der Waals surface area contributed by atoms with E-state index in [0.717, 1.165) is 6.42 Å². The molecule has 12 nitrogen and oxygen atoms in total. The van der Waals surface area contributed by atoms with E-state index in [-0.39, 0.29) is 24.7 Å². The first kappa shape index (κ1) is 32.3. The van der Waals surface area contributed by atoms with Crippen molar-refractivity contribution < 1.29 is 29.1 Å². The van der Waals surface area contributed by atoms with Gasteiger partial charge in [0.1, 0.15) is 18.1 Å². The third kappa shape index (κ3) is 12.0. The third-order valence-corrected chi connectivity index (χ3v) is 6.19. The van der Waals surface area contributed by atoms with Crippen molar-refractivity contribution in [1.82, 2.24) is 16.0 Å². The first-order valence-electron chi connectivity index (χ1n) is 12.3. The van der Waals surface area contributed by atoms with Gasteiger partial charge < -0.3 is 38.3 Å². The van der Waals surface area contributed by atoms with Crippen LogP contribution in [0.4, 0.5) is 0 Å². The summed E-state index contributed by atoms with van der Waals surface area (Å²) in [7, 11) is 0. The van der Waals surface area contributed by atoms with Gasteiger partial charge in [-0.25, -0.2) is 4.79 Å². The fourth-order valence-electron chi connectivity index (χ4n) is 3.35. The summed E-state index contributed by atoms with van der Waals surface area (Å²) in [5.41, 5.74) is 16.5. The Balaban J connectivity index is 5.53. The molecule has 0 heterocycles. The van der Waals surface area contributed by atoms with Crippen LogP contribution in [0.3, 0.4) is 0 Å². The number of unbranched alkanes of at least 4 members (excludes halogenated alkanes) is 1. The minimum Gasteiger partial charge on any atom is -0.480 e. The van der Waals surface area contributed by atoms with E-state index in [4.69, 9.17) is 17.2 Å². The third-order valence-electron chi connectivity index (χ3n) is 6.19. The molecule has 6 atom stereocenters. The molecule has 0 aromatic carbocycles. The fraction of sp³-hybridized carbons (Fsp3) is 0.783. The lowest BCUT2D eigenvalue weighted by atomic mass is 9.94. The van der Waals surface area contributed by atoms with Gasteiger partial charge in [-0.1, -0.05) is 47.0 Å². The van der Waals surface area contributed by atoms with Crippen LogP contribution in [0.15, 0.2) is 0 Å². The van der Waals surface area contributed by atoms with Crippen LogP contribution in [-0.4, -0.2) is 65.4 Å². The summed E-state index contributed by atoms with van der Waals surface area (Å²) in [6.07, 6.45) is 2.55. The van der Waals surface area contributed by atoms with Crippen LogP contribution in [0.5, 0.6) is 0 Å². The van der Waals surface area contributed by atoms with Crippen molar-refractivity contribution in [2.75, 3.05) is 6.54 Å². The fourth-order valence-corrected chi connectivity index (χ4v) is 3.35. The van der Waals surface area contributed by atoms with Crippen molar-refractivity contribution in [1.29, 1.82) is 0 Å². The van der Waals surface area contributed by atoms with Crippen molar-refractivity contribution in [3.63, 3.8) is 0 Å². The molecule has 0 aromatic rings. The van der Waals surface area contributed by atoms with Gasteiger partial charge in [0.05, 0.1) is 6.04 Å². The average molecular weight is 501 g/mol. The van der Waals surface area contributed by atoms with E-state index in [9.17, 15) is 29.1 Å². The molecule has 0 fully saturated rings. The highest BCUT2D eigenvalue weighted by Crippen LogP contribution is 2.13.